The Hall–Kier alpha value is -1.06. The van der Waals surface area contributed by atoms with Gasteiger partial charge in [0.05, 0.1) is 6.61 Å². The number of likely N-dealkylation sites (N-methyl/N-ethyl adjacent to an activating group) is 1. The van der Waals surface area contributed by atoms with Gasteiger partial charge in [-0.2, -0.15) is 0 Å². The first-order chi connectivity index (χ1) is 9.20. The van der Waals surface area contributed by atoms with Crippen molar-refractivity contribution in [1.29, 1.82) is 0 Å². The highest BCUT2D eigenvalue weighted by Crippen LogP contribution is 2.28. The Balaban J connectivity index is 1.86. The lowest BCUT2D eigenvalue weighted by atomic mass is 10.1. The van der Waals surface area contributed by atoms with Crippen LogP contribution in [-0.2, 0) is 11.2 Å². The van der Waals surface area contributed by atoms with Crippen LogP contribution in [0.5, 0.6) is 0 Å². The second-order valence-electron chi connectivity index (χ2n) is 5.61. The minimum Gasteiger partial charge on any atom is -0.379 e. The van der Waals surface area contributed by atoms with Gasteiger partial charge in [-0.3, -0.25) is 0 Å². The Morgan fingerprint density at radius 2 is 2.16 bits per heavy atom. The number of benzene rings is 1. The lowest BCUT2D eigenvalue weighted by molar-refractivity contribution is 0.131. The van der Waals surface area contributed by atoms with E-state index >= 15 is 0 Å². The van der Waals surface area contributed by atoms with Crippen LogP contribution in [0.15, 0.2) is 18.2 Å². The van der Waals surface area contributed by atoms with E-state index in [2.05, 4.69) is 37.1 Å². The number of ether oxygens (including phenoxy) is 1. The van der Waals surface area contributed by atoms with Crippen LogP contribution in [-0.4, -0.2) is 33.4 Å². The summed E-state index contributed by atoms with van der Waals surface area (Å²) >= 11 is 0. The van der Waals surface area contributed by atoms with Gasteiger partial charge in [-0.15, -0.1) is 0 Å². The Morgan fingerprint density at radius 1 is 1.37 bits per heavy atom. The van der Waals surface area contributed by atoms with E-state index in [0.29, 0.717) is 6.54 Å². The van der Waals surface area contributed by atoms with Crippen molar-refractivity contribution in [3.63, 3.8) is 0 Å². The van der Waals surface area contributed by atoms with Crippen molar-refractivity contribution in [2.24, 2.45) is 11.7 Å². The topological polar surface area (TPSA) is 38.5 Å². The van der Waals surface area contributed by atoms with E-state index in [4.69, 9.17) is 10.5 Å². The van der Waals surface area contributed by atoms with Crippen molar-refractivity contribution < 1.29 is 4.74 Å². The molecule has 1 aliphatic rings. The van der Waals surface area contributed by atoms with E-state index in [1.54, 1.807) is 0 Å². The van der Waals surface area contributed by atoms with Gasteiger partial charge in [0.15, 0.2) is 0 Å². The lowest BCUT2D eigenvalue weighted by Crippen LogP contribution is -2.24. The van der Waals surface area contributed by atoms with Gasteiger partial charge in [0, 0.05) is 25.9 Å². The molecule has 0 heterocycles. The number of hydrogen-bond acceptors (Lipinski definition) is 3. The van der Waals surface area contributed by atoms with E-state index in [-0.39, 0.29) is 0 Å². The number of anilines is 1. The third kappa shape index (κ3) is 4.51. The highest BCUT2D eigenvalue weighted by atomic mass is 16.5. The summed E-state index contributed by atoms with van der Waals surface area (Å²) in [6, 6.07) is 6.60. The molecule has 0 unspecified atom stereocenters. The molecule has 0 radical (unpaired) electrons. The summed E-state index contributed by atoms with van der Waals surface area (Å²) in [5.41, 5.74) is 9.62. The van der Waals surface area contributed by atoms with Crippen molar-refractivity contribution in [2.45, 2.75) is 26.2 Å². The molecule has 0 atom stereocenters. The molecule has 0 bridgehead atoms. The smallest absolute Gasteiger partial charge is 0.0641 e. The Bertz CT molecular complexity index is 402. The van der Waals surface area contributed by atoms with E-state index in [1.807, 2.05) is 0 Å². The molecule has 3 heteroatoms. The average Bonchev–Trinajstić information content (AvgIpc) is 3.19. The average molecular weight is 262 g/mol. The van der Waals surface area contributed by atoms with Crippen LogP contribution in [0.4, 0.5) is 5.69 Å². The molecule has 1 aliphatic carbocycles. The van der Waals surface area contributed by atoms with Crippen LogP contribution in [0.3, 0.4) is 0 Å². The van der Waals surface area contributed by atoms with Crippen molar-refractivity contribution in [2.75, 3.05) is 38.3 Å². The molecule has 1 aromatic carbocycles. The van der Waals surface area contributed by atoms with Crippen LogP contribution >= 0.6 is 0 Å². The molecule has 0 spiro atoms. The van der Waals surface area contributed by atoms with Gasteiger partial charge in [0.1, 0.15) is 0 Å². The maximum Gasteiger partial charge on any atom is 0.0641 e. The highest BCUT2D eigenvalue weighted by Gasteiger charge is 2.21. The molecule has 106 valence electrons. The first-order valence-corrected chi connectivity index (χ1v) is 7.29. The molecule has 0 aromatic heterocycles. The second-order valence-corrected chi connectivity index (χ2v) is 5.61. The Kier molecular flexibility index (Phi) is 5.23. The number of nitrogens with two attached hydrogens (primary N) is 1. The van der Waals surface area contributed by atoms with Gasteiger partial charge in [0.2, 0.25) is 0 Å². The molecule has 0 saturated heterocycles. The van der Waals surface area contributed by atoms with Crippen LogP contribution in [0, 0.1) is 12.8 Å². The fourth-order valence-corrected chi connectivity index (χ4v) is 2.30. The zero-order valence-electron chi connectivity index (χ0n) is 12.2. The normalized spacial score (nSPS) is 14.7. The van der Waals surface area contributed by atoms with Crippen molar-refractivity contribution >= 4 is 5.69 Å². The van der Waals surface area contributed by atoms with E-state index in [1.165, 1.54) is 29.7 Å². The van der Waals surface area contributed by atoms with Gasteiger partial charge in [-0.05, 0) is 50.3 Å². The quantitative estimate of drug-likeness (QED) is 0.731. The monoisotopic (exact) mass is 262 g/mol. The summed E-state index contributed by atoms with van der Waals surface area (Å²) < 4.78 is 5.71. The molecular weight excluding hydrogens is 236 g/mol. The van der Waals surface area contributed by atoms with Gasteiger partial charge in [-0.1, -0.05) is 17.7 Å². The van der Waals surface area contributed by atoms with Crippen LogP contribution in [0.1, 0.15) is 24.0 Å². The minimum absolute atomic E-state index is 0.697. The summed E-state index contributed by atoms with van der Waals surface area (Å²) in [6.45, 7) is 5.51. The fourth-order valence-electron chi connectivity index (χ4n) is 2.30. The number of hydrogen-bond donors (Lipinski definition) is 1. The summed E-state index contributed by atoms with van der Waals surface area (Å²) in [4.78, 5) is 2.28. The number of aryl methyl sites for hydroxylation is 1. The zero-order valence-corrected chi connectivity index (χ0v) is 12.2. The molecule has 1 aromatic rings. The minimum atomic E-state index is 0.697. The van der Waals surface area contributed by atoms with Gasteiger partial charge < -0.3 is 15.4 Å². The third-order valence-corrected chi connectivity index (χ3v) is 3.68. The standard InChI is InChI=1S/C16H26N2O/c1-13-3-6-16(15(11-13)7-8-17)18(2)9-10-19-12-14-4-5-14/h3,6,11,14H,4-5,7-10,12,17H2,1-2H3. The second kappa shape index (κ2) is 6.92. The summed E-state index contributed by atoms with van der Waals surface area (Å²) in [5, 5.41) is 0. The molecular formula is C16H26N2O. The summed E-state index contributed by atoms with van der Waals surface area (Å²) in [6.07, 6.45) is 3.65. The summed E-state index contributed by atoms with van der Waals surface area (Å²) in [5.74, 6) is 0.845. The third-order valence-electron chi connectivity index (χ3n) is 3.68. The fraction of sp³-hybridized carbons (Fsp3) is 0.625. The van der Waals surface area contributed by atoms with E-state index < -0.39 is 0 Å². The molecule has 3 nitrogen and oxygen atoms in total. The van der Waals surface area contributed by atoms with E-state index in [9.17, 15) is 0 Å². The van der Waals surface area contributed by atoms with Gasteiger partial charge in [0.25, 0.3) is 0 Å². The van der Waals surface area contributed by atoms with Crippen molar-refractivity contribution in [3.8, 4) is 0 Å². The number of rotatable bonds is 8. The van der Waals surface area contributed by atoms with Crippen LogP contribution < -0.4 is 10.6 Å². The predicted octanol–water partition coefficient (Wildman–Crippen LogP) is 2.36. The molecule has 0 aliphatic heterocycles. The number of nitrogens with zero attached hydrogens (tertiary/aromatic N) is 1. The molecule has 1 saturated carbocycles. The van der Waals surface area contributed by atoms with Crippen molar-refractivity contribution in [1.82, 2.24) is 0 Å². The van der Waals surface area contributed by atoms with Gasteiger partial charge in [-0.25, -0.2) is 0 Å². The largest absolute Gasteiger partial charge is 0.379 e. The molecule has 1 fully saturated rings. The molecule has 0 amide bonds. The summed E-state index contributed by atoms with van der Waals surface area (Å²) in [7, 11) is 2.13. The lowest BCUT2D eigenvalue weighted by Gasteiger charge is -2.23. The van der Waals surface area contributed by atoms with Crippen LogP contribution in [0.25, 0.3) is 0 Å². The van der Waals surface area contributed by atoms with Crippen LogP contribution in [0.2, 0.25) is 0 Å². The van der Waals surface area contributed by atoms with E-state index in [0.717, 1.165) is 32.1 Å². The first-order valence-electron chi connectivity index (χ1n) is 7.29. The zero-order chi connectivity index (χ0) is 13.7. The Morgan fingerprint density at radius 3 is 2.84 bits per heavy atom. The molecule has 2 N–H and O–H groups in total. The predicted molar refractivity (Wildman–Crippen MR) is 80.8 cm³/mol. The molecule has 19 heavy (non-hydrogen) atoms. The molecule has 2 rings (SSSR count). The van der Waals surface area contributed by atoms with Gasteiger partial charge >= 0.3 is 0 Å². The highest BCUT2D eigenvalue weighted by molar-refractivity contribution is 5.54. The first kappa shape index (κ1) is 14.4. The SMILES string of the molecule is Cc1ccc(N(C)CCOCC2CC2)c(CCN)c1. The Labute approximate surface area is 116 Å². The maximum absolute atomic E-state index is 5.71. The maximum atomic E-state index is 5.71. The van der Waals surface area contributed by atoms with Crippen molar-refractivity contribution in [3.05, 3.63) is 29.3 Å².